The van der Waals surface area contributed by atoms with E-state index in [4.69, 9.17) is 9.47 Å². The zero-order chi connectivity index (χ0) is 52.4. The molecule has 1 aliphatic heterocycles. The zero-order valence-electron chi connectivity index (χ0n) is 46.8. The van der Waals surface area contributed by atoms with Gasteiger partial charge in [-0.25, -0.2) is 0 Å². The smallest absolute Gasteiger partial charge is 0.249 e. The minimum Gasteiger partial charge on any atom is -0.394 e. The first-order valence-electron chi connectivity index (χ1n) is 30.8. The number of allylic oxidation sites excluding steroid dienone is 5. The molecule has 0 radical (unpaired) electrons. The Morgan fingerprint density at radius 2 is 0.819 bits per heavy atom. The molecule has 8 atom stereocenters. The van der Waals surface area contributed by atoms with Crippen molar-refractivity contribution in [3.05, 3.63) is 36.5 Å². The number of carbonyl (C=O) groups excluding carboxylic acids is 1. The number of carbonyl (C=O) groups is 1. The van der Waals surface area contributed by atoms with Crippen molar-refractivity contribution in [1.29, 1.82) is 0 Å². The van der Waals surface area contributed by atoms with E-state index in [9.17, 15) is 35.4 Å². The maximum absolute atomic E-state index is 13.1. The van der Waals surface area contributed by atoms with Gasteiger partial charge in [0, 0.05) is 0 Å². The van der Waals surface area contributed by atoms with E-state index in [1.165, 1.54) is 225 Å². The van der Waals surface area contributed by atoms with Gasteiger partial charge in [0.15, 0.2) is 6.29 Å². The molecule has 1 heterocycles. The number of ether oxygens (including phenoxy) is 2. The van der Waals surface area contributed by atoms with Crippen molar-refractivity contribution in [2.24, 2.45) is 0 Å². The number of unbranched alkanes of at least 4 members (excludes halogenated alkanes) is 38. The number of aliphatic hydroxyl groups excluding tert-OH is 6. The number of hydrogen-bond acceptors (Lipinski definition) is 9. The Morgan fingerprint density at radius 1 is 0.472 bits per heavy atom. The molecule has 424 valence electrons. The molecule has 72 heavy (non-hydrogen) atoms. The third kappa shape index (κ3) is 39.7. The molecule has 7 N–H and O–H groups in total. The van der Waals surface area contributed by atoms with Gasteiger partial charge in [-0.2, -0.15) is 0 Å². The van der Waals surface area contributed by atoms with Crippen LogP contribution in [0.1, 0.15) is 290 Å². The molecule has 8 unspecified atom stereocenters. The highest BCUT2D eigenvalue weighted by atomic mass is 16.7. The standard InChI is InChI=1S/C62H117NO9/c1-3-5-7-9-11-13-15-17-18-19-20-21-22-23-24-25-26-27-28-29-30-31-32-33-34-35-36-37-39-41-43-45-47-49-51-56(66)61(70)63-54(53-71-62-60(69)59(68)58(67)57(52-64)72-62)55(65)50-48-46-44-42-40-38-16-14-12-10-8-6-4-2/h25-26,40,42,48,50,54-60,62,64-69H,3-24,27-39,41,43-47,49,51-53H2,1-2H3,(H,63,70)/b26-25-,42-40+,50-48+. The maximum atomic E-state index is 13.1. The van der Waals surface area contributed by atoms with Crippen molar-refractivity contribution in [2.45, 2.75) is 339 Å². The second-order valence-corrected chi connectivity index (χ2v) is 21.6. The van der Waals surface area contributed by atoms with Crippen molar-refractivity contribution in [3.8, 4) is 0 Å². The molecule has 0 aromatic carbocycles. The summed E-state index contributed by atoms with van der Waals surface area (Å²) in [7, 11) is 0. The molecular formula is C62H117NO9. The molecule has 0 saturated carbocycles. The van der Waals surface area contributed by atoms with Crippen LogP contribution in [-0.4, -0.2) is 98.7 Å². The predicted molar refractivity (Wildman–Crippen MR) is 301 cm³/mol. The molecule has 10 heteroatoms. The zero-order valence-corrected chi connectivity index (χ0v) is 46.8. The fourth-order valence-electron chi connectivity index (χ4n) is 9.82. The normalized spacial score (nSPS) is 19.8. The van der Waals surface area contributed by atoms with E-state index >= 15 is 0 Å². The minimum absolute atomic E-state index is 0.306. The number of hydrogen-bond donors (Lipinski definition) is 7. The van der Waals surface area contributed by atoms with Crippen molar-refractivity contribution in [1.82, 2.24) is 5.32 Å². The molecule has 0 aromatic rings. The van der Waals surface area contributed by atoms with Gasteiger partial charge < -0.3 is 45.4 Å². The summed E-state index contributed by atoms with van der Waals surface area (Å²) in [5.74, 6) is -0.623. The summed E-state index contributed by atoms with van der Waals surface area (Å²) in [5.41, 5.74) is 0. The summed E-state index contributed by atoms with van der Waals surface area (Å²) in [4.78, 5) is 13.1. The van der Waals surface area contributed by atoms with E-state index in [0.717, 1.165) is 32.1 Å². The van der Waals surface area contributed by atoms with Crippen molar-refractivity contribution < 1.29 is 44.9 Å². The molecule has 10 nitrogen and oxygen atoms in total. The van der Waals surface area contributed by atoms with E-state index in [2.05, 4.69) is 43.5 Å². The van der Waals surface area contributed by atoms with Gasteiger partial charge in [-0.3, -0.25) is 4.79 Å². The lowest BCUT2D eigenvalue weighted by Crippen LogP contribution is -2.60. The second kappa shape index (κ2) is 51.5. The lowest BCUT2D eigenvalue weighted by molar-refractivity contribution is -0.302. The quantitative estimate of drug-likeness (QED) is 0.0232. The van der Waals surface area contributed by atoms with Crippen LogP contribution in [0.25, 0.3) is 0 Å². The topological polar surface area (TPSA) is 169 Å². The highest BCUT2D eigenvalue weighted by molar-refractivity contribution is 5.80. The molecule has 1 amide bonds. The second-order valence-electron chi connectivity index (χ2n) is 21.6. The van der Waals surface area contributed by atoms with Gasteiger partial charge in [-0.15, -0.1) is 0 Å². The third-order valence-corrected chi connectivity index (χ3v) is 14.8. The average molecular weight is 1020 g/mol. The van der Waals surface area contributed by atoms with Crippen LogP contribution in [0.3, 0.4) is 0 Å². The molecule has 0 aliphatic carbocycles. The Balaban J connectivity index is 2.13. The van der Waals surface area contributed by atoms with Crippen LogP contribution in [0.5, 0.6) is 0 Å². The monoisotopic (exact) mass is 1020 g/mol. The first-order valence-corrected chi connectivity index (χ1v) is 30.8. The summed E-state index contributed by atoms with van der Waals surface area (Å²) >= 11 is 0. The molecule has 1 fully saturated rings. The maximum Gasteiger partial charge on any atom is 0.249 e. The first kappa shape index (κ1) is 68.4. The molecule has 1 saturated heterocycles. The number of amides is 1. The van der Waals surface area contributed by atoms with Crippen LogP contribution in [0.2, 0.25) is 0 Å². The molecule has 0 spiro atoms. The Kier molecular flexibility index (Phi) is 48.9. The fraction of sp³-hybridized carbons (Fsp3) is 0.887. The van der Waals surface area contributed by atoms with Crippen LogP contribution in [0.4, 0.5) is 0 Å². The van der Waals surface area contributed by atoms with E-state index in [0.29, 0.717) is 19.3 Å². The summed E-state index contributed by atoms with van der Waals surface area (Å²) in [5, 5.41) is 64.9. The fourth-order valence-corrected chi connectivity index (χ4v) is 9.82. The highest BCUT2D eigenvalue weighted by Crippen LogP contribution is 2.23. The van der Waals surface area contributed by atoms with Crippen LogP contribution < -0.4 is 5.32 Å². The molecule has 1 aliphatic rings. The summed E-state index contributed by atoms with van der Waals surface area (Å²) in [6.07, 6.45) is 57.1. The van der Waals surface area contributed by atoms with Gasteiger partial charge in [-0.1, -0.05) is 269 Å². The molecule has 0 bridgehead atoms. The van der Waals surface area contributed by atoms with E-state index in [-0.39, 0.29) is 6.61 Å². The van der Waals surface area contributed by atoms with Crippen LogP contribution in [0, 0.1) is 0 Å². The van der Waals surface area contributed by atoms with Crippen molar-refractivity contribution in [3.63, 3.8) is 0 Å². The predicted octanol–water partition coefficient (Wildman–Crippen LogP) is 14.5. The van der Waals surface area contributed by atoms with Gasteiger partial charge >= 0.3 is 0 Å². The van der Waals surface area contributed by atoms with Crippen LogP contribution in [-0.2, 0) is 14.3 Å². The number of nitrogens with one attached hydrogen (secondary N) is 1. The lowest BCUT2D eigenvalue weighted by atomic mass is 9.99. The lowest BCUT2D eigenvalue weighted by Gasteiger charge is -2.40. The summed E-state index contributed by atoms with van der Waals surface area (Å²) < 4.78 is 11.2. The van der Waals surface area contributed by atoms with Gasteiger partial charge in [0.1, 0.15) is 30.5 Å². The van der Waals surface area contributed by atoms with E-state index in [1.54, 1.807) is 6.08 Å². The minimum atomic E-state index is -1.62. The van der Waals surface area contributed by atoms with Gasteiger partial charge in [-0.05, 0) is 57.8 Å². The molecular weight excluding hydrogens is 903 g/mol. The van der Waals surface area contributed by atoms with Gasteiger partial charge in [0.2, 0.25) is 5.91 Å². The van der Waals surface area contributed by atoms with Crippen LogP contribution >= 0.6 is 0 Å². The van der Waals surface area contributed by atoms with Crippen molar-refractivity contribution >= 4 is 5.91 Å². The van der Waals surface area contributed by atoms with Crippen LogP contribution in [0.15, 0.2) is 36.5 Å². The first-order chi connectivity index (χ1) is 35.3. The average Bonchev–Trinajstić information content (AvgIpc) is 3.38. The molecule has 0 aromatic heterocycles. The molecule has 1 rings (SSSR count). The summed E-state index contributed by atoms with van der Waals surface area (Å²) in [6.45, 7) is 3.61. The summed E-state index contributed by atoms with van der Waals surface area (Å²) in [6, 6.07) is -0.996. The Bertz CT molecular complexity index is 1240. The van der Waals surface area contributed by atoms with Gasteiger partial charge in [0.05, 0.1) is 25.4 Å². The van der Waals surface area contributed by atoms with E-state index < -0.39 is 61.5 Å². The van der Waals surface area contributed by atoms with Gasteiger partial charge in [0.25, 0.3) is 0 Å². The van der Waals surface area contributed by atoms with Crippen molar-refractivity contribution in [2.75, 3.05) is 13.2 Å². The Hall–Kier alpha value is -1.63. The largest absolute Gasteiger partial charge is 0.394 e. The number of aliphatic hydroxyl groups is 6. The highest BCUT2D eigenvalue weighted by Gasteiger charge is 2.44. The number of rotatable bonds is 53. The third-order valence-electron chi connectivity index (χ3n) is 14.8. The van der Waals surface area contributed by atoms with E-state index in [1.807, 2.05) is 6.08 Å². The Labute approximate surface area is 443 Å². The SMILES string of the molecule is CCCCCCCCC/C=C/CC/C=C/C(O)C(COC1OC(CO)C(O)C(O)C1O)NC(=O)C(O)CCCCCCCCCCCCCCCCCC/C=C\CCCCCCCCCCCCCCCC. The Morgan fingerprint density at radius 3 is 1.21 bits per heavy atom.